The molecule has 1 atom stereocenters. The van der Waals surface area contributed by atoms with Gasteiger partial charge in [0.25, 0.3) is 0 Å². The van der Waals surface area contributed by atoms with Gasteiger partial charge in [-0.15, -0.1) is 0 Å². The zero-order valence-corrected chi connectivity index (χ0v) is 12.9. The van der Waals surface area contributed by atoms with Gasteiger partial charge in [0.2, 0.25) is 0 Å². The molecule has 0 rings (SSSR count). The summed E-state index contributed by atoms with van der Waals surface area (Å²) in [5, 5.41) is 3.26. The molecule has 0 spiro atoms. The molecule has 17 heavy (non-hydrogen) atoms. The lowest BCUT2D eigenvalue weighted by molar-refractivity contribution is 0.0931. The Morgan fingerprint density at radius 1 is 1.24 bits per heavy atom. The van der Waals surface area contributed by atoms with Gasteiger partial charge in [-0.2, -0.15) is 0 Å². The molecule has 1 unspecified atom stereocenters. The van der Waals surface area contributed by atoms with Crippen LogP contribution < -0.4 is 5.32 Å². The predicted octanol–water partition coefficient (Wildman–Crippen LogP) is 1.13. The van der Waals surface area contributed by atoms with E-state index in [0.717, 1.165) is 13.1 Å². The molecule has 5 heteroatoms. The molecule has 0 aromatic carbocycles. The van der Waals surface area contributed by atoms with E-state index in [2.05, 4.69) is 37.9 Å². The highest BCUT2D eigenvalue weighted by molar-refractivity contribution is 7.90. The molecular weight excluding hydrogens is 236 g/mol. The Labute approximate surface area is 107 Å². The number of rotatable bonds is 8. The first kappa shape index (κ1) is 16.9. The summed E-state index contributed by atoms with van der Waals surface area (Å²) in [4.78, 5) is 2.36. The molecule has 0 aliphatic carbocycles. The maximum Gasteiger partial charge on any atom is 0.147 e. The van der Waals surface area contributed by atoms with Crippen LogP contribution in [-0.2, 0) is 9.84 Å². The number of nitrogens with zero attached hydrogens (tertiary/aromatic N) is 1. The van der Waals surface area contributed by atoms with Gasteiger partial charge in [-0.25, -0.2) is 8.42 Å². The van der Waals surface area contributed by atoms with Crippen LogP contribution in [0.15, 0.2) is 0 Å². The van der Waals surface area contributed by atoms with Crippen LogP contribution in [0.1, 0.15) is 34.1 Å². The molecule has 104 valence electrons. The third-order valence-electron chi connectivity index (χ3n) is 3.56. The van der Waals surface area contributed by atoms with Gasteiger partial charge in [0.05, 0.1) is 5.75 Å². The van der Waals surface area contributed by atoms with Gasteiger partial charge in [0.15, 0.2) is 0 Å². The lowest BCUT2D eigenvalue weighted by atomic mass is 9.90. The van der Waals surface area contributed by atoms with Crippen molar-refractivity contribution >= 4 is 9.84 Å². The van der Waals surface area contributed by atoms with Crippen LogP contribution >= 0.6 is 0 Å². The number of hydrogen-bond donors (Lipinski definition) is 1. The monoisotopic (exact) mass is 264 g/mol. The Kier molecular flexibility index (Phi) is 6.66. The maximum atomic E-state index is 11.2. The van der Waals surface area contributed by atoms with E-state index >= 15 is 0 Å². The average Bonchev–Trinajstić information content (AvgIpc) is 2.17. The Bertz CT molecular complexity index is 308. The van der Waals surface area contributed by atoms with E-state index < -0.39 is 9.84 Å². The van der Waals surface area contributed by atoms with Crippen molar-refractivity contribution in [2.45, 2.75) is 45.7 Å². The molecule has 1 N–H and O–H groups in total. The van der Waals surface area contributed by atoms with Crippen molar-refractivity contribution in [1.82, 2.24) is 10.2 Å². The van der Waals surface area contributed by atoms with Gasteiger partial charge in [0.1, 0.15) is 9.84 Å². The summed E-state index contributed by atoms with van der Waals surface area (Å²) in [6.07, 6.45) is 1.95. The lowest BCUT2D eigenvalue weighted by Crippen LogP contribution is -2.57. The summed E-state index contributed by atoms with van der Waals surface area (Å²) in [7, 11) is -0.986. The van der Waals surface area contributed by atoms with Crippen molar-refractivity contribution in [2.24, 2.45) is 0 Å². The Morgan fingerprint density at radius 2 is 1.71 bits per heavy atom. The van der Waals surface area contributed by atoms with Crippen LogP contribution in [-0.4, -0.2) is 57.0 Å². The summed E-state index contributed by atoms with van der Waals surface area (Å²) >= 11 is 0. The Morgan fingerprint density at radius 3 is 2.00 bits per heavy atom. The third-order valence-corrected chi connectivity index (χ3v) is 4.53. The normalized spacial score (nSPS) is 15.2. The first-order valence-electron chi connectivity index (χ1n) is 6.29. The summed E-state index contributed by atoms with van der Waals surface area (Å²) < 4.78 is 22.5. The van der Waals surface area contributed by atoms with E-state index in [0.29, 0.717) is 6.42 Å². The SMILES string of the molecule is CCN(CC)C(C)(C)C(CCS(C)(=O)=O)NC. The quantitative estimate of drug-likeness (QED) is 0.714. The number of sulfone groups is 1. The van der Waals surface area contributed by atoms with Crippen molar-refractivity contribution in [2.75, 3.05) is 32.1 Å². The molecule has 0 aliphatic rings. The fourth-order valence-corrected chi connectivity index (χ4v) is 3.11. The van der Waals surface area contributed by atoms with Crippen LogP contribution in [0, 0.1) is 0 Å². The molecule has 0 bridgehead atoms. The zero-order valence-electron chi connectivity index (χ0n) is 12.1. The third kappa shape index (κ3) is 5.36. The van der Waals surface area contributed by atoms with Gasteiger partial charge in [-0.05, 0) is 40.4 Å². The van der Waals surface area contributed by atoms with Crippen molar-refractivity contribution in [1.29, 1.82) is 0 Å². The molecule has 0 saturated heterocycles. The predicted molar refractivity (Wildman–Crippen MR) is 74.2 cm³/mol. The van der Waals surface area contributed by atoms with E-state index in [1.165, 1.54) is 6.26 Å². The second kappa shape index (κ2) is 6.71. The first-order chi connectivity index (χ1) is 7.69. The molecule has 0 radical (unpaired) electrons. The minimum atomic E-state index is -2.89. The van der Waals surface area contributed by atoms with Crippen LogP contribution in [0.2, 0.25) is 0 Å². The van der Waals surface area contributed by atoms with Crippen molar-refractivity contribution in [3.05, 3.63) is 0 Å². The fourth-order valence-electron chi connectivity index (χ4n) is 2.44. The number of likely N-dealkylation sites (N-methyl/N-ethyl adjacent to an activating group) is 2. The van der Waals surface area contributed by atoms with Crippen LogP contribution in [0.5, 0.6) is 0 Å². The Balaban J connectivity index is 4.73. The molecule has 0 amide bonds. The first-order valence-corrected chi connectivity index (χ1v) is 8.35. The van der Waals surface area contributed by atoms with Crippen LogP contribution in [0.4, 0.5) is 0 Å². The van der Waals surface area contributed by atoms with E-state index in [-0.39, 0.29) is 17.3 Å². The second-order valence-electron chi connectivity index (χ2n) is 5.09. The van der Waals surface area contributed by atoms with Crippen molar-refractivity contribution < 1.29 is 8.42 Å². The Hall–Kier alpha value is -0.130. The summed E-state index contributed by atoms with van der Waals surface area (Å²) in [6, 6.07) is 0.178. The molecule has 0 saturated carbocycles. The smallest absolute Gasteiger partial charge is 0.147 e. The molecule has 0 fully saturated rings. The molecular formula is C12H28N2O2S. The van der Waals surface area contributed by atoms with Gasteiger partial charge in [-0.3, -0.25) is 4.90 Å². The molecule has 0 aliphatic heterocycles. The van der Waals surface area contributed by atoms with E-state index in [1.54, 1.807) is 0 Å². The molecule has 0 heterocycles. The zero-order chi connectivity index (χ0) is 13.7. The van der Waals surface area contributed by atoms with Crippen LogP contribution in [0.3, 0.4) is 0 Å². The highest BCUT2D eigenvalue weighted by atomic mass is 32.2. The van der Waals surface area contributed by atoms with E-state index in [4.69, 9.17) is 0 Å². The molecule has 0 aromatic heterocycles. The largest absolute Gasteiger partial charge is 0.315 e. The van der Waals surface area contributed by atoms with Gasteiger partial charge in [0, 0.05) is 17.8 Å². The van der Waals surface area contributed by atoms with E-state index in [9.17, 15) is 8.42 Å². The minimum absolute atomic E-state index is 0.0387. The highest BCUT2D eigenvalue weighted by Gasteiger charge is 2.33. The standard InChI is InChI=1S/C12H28N2O2S/c1-7-14(8-2)12(3,4)11(13-5)9-10-17(6,15)16/h11,13H,7-10H2,1-6H3. The highest BCUT2D eigenvalue weighted by Crippen LogP contribution is 2.21. The second-order valence-corrected chi connectivity index (χ2v) is 7.35. The van der Waals surface area contributed by atoms with Gasteiger partial charge >= 0.3 is 0 Å². The molecule has 4 nitrogen and oxygen atoms in total. The topological polar surface area (TPSA) is 49.4 Å². The number of hydrogen-bond acceptors (Lipinski definition) is 4. The minimum Gasteiger partial charge on any atom is -0.315 e. The van der Waals surface area contributed by atoms with Crippen molar-refractivity contribution in [3.63, 3.8) is 0 Å². The average molecular weight is 264 g/mol. The fraction of sp³-hybridized carbons (Fsp3) is 1.00. The summed E-state index contributed by atoms with van der Waals surface area (Å²) in [6.45, 7) is 10.6. The van der Waals surface area contributed by atoms with E-state index in [1.807, 2.05) is 7.05 Å². The maximum absolute atomic E-state index is 11.2. The van der Waals surface area contributed by atoms with Crippen LogP contribution in [0.25, 0.3) is 0 Å². The van der Waals surface area contributed by atoms with Crippen molar-refractivity contribution in [3.8, 4) is 0 Å². The lowest BCUT2D eigenvalue weighted by Gasteiger charge is -2.43. The van der Waals surface area contributed by atoms with Gasteiger partial charge in [-0.1, -0.05) is 13.8 Å². The number of nitrogens with one attached hydrogen (secondary N) is 1. The summed E-state index contributed by atoms with van der Waals surface area (Å²) in [5.41, 5.74) is -0.0387. The molecule has 0 aromatic rings. The van der Waals surface area contributed by atoms with Gasteiger partial charge < -0.3 is 5.32 Å². The summed E-state index contributed by atoms with van der Waals surface area (Å²) in [5.74, 6) is 0.239.